The zero-order valence-corrected chi connectivity index (χ0v) is 20.2. The molecule has 3 N–H and O–H groups in total. The van der Waals surface area contributed by atoms with E-state index in [-0.39, 0.29) is 12.5 Å². The number of hydrogen-bond acceptors (Lipinski definition) is 7. The topological polar surface area (TPSA) is 128 Å². The van der Waals surface area contributed by atoms with Crippen LogP contribution in [0.3, 0.4) is 0 Å². The summed E-state index contributed by atoms with van der Waals surface area (Å²) in [4.78, 5) is 35.4. The Bertz CT molecular complexity index is 1740. The summed E-state index contributed by atoms with van der Waals surface area (Å²) >= 11 is 0. The molecule has 182 valence electrons. The first-order valence-electron chi connectivity index (χ1n) is 11.7. The fraction of sp³-hybridized carbons (Fsp3) is 0.111. The molecule has 6 rings (SSSR count). The van der Waals surface area contributed by atoms with Crippen LogP contribution in [0.5, 0.6) is 0 Å². The van der Waals surface area contributed by atoms with Crippen molar-refractivity contribution in [2.24, 2.45) is 0 Å². The van der Waals surface area contributed by atoms with Crippen LogP contribution >= 0.6 is 0 Å². The van der Waals surface area contributed by atoms with Crippen LogP contribution in [0.4, 0.5) is 5.69 Å². The fourth-order valence-electron chi connectivity index (χ4n) is 4.31. The van der Waals surface area contributed by atoms with Crippen molar-refractivity contribution >= 4 is 33.5 Å². The quantitative estimate of drug-likeness (QED) is 0.321. The molecule has 0 radical (unpaired) electrons. The number of likely N-dealkylation sites (N-methyl/N-ethyl adjacent to an activating group) is 1. The van der Waals surface area contributed by atoms with Gasteiger partial charge in [0.1, 0.15) is 5.69 Å². The number of fused-ring (bicyclic) bond motifs is 2. The Morgan fingerprint density at radius 3 is 2.65 bits per heavy atom. The van der Waals surface area contributed by atoms with Gasteiger partial charge in [0.15, 0.2) is 5.65 Å². The van der Waals surface area contributed by atoms with Crippen molar-refractivity contribution in [3.63, 3.8) is 0 Å². The van der Waals surface area contributed by atoms with Gasteiger partial charge in [0.25, 0.3) is 0 Å². The lowest BCUT2D eigenvalue weighted by molar-refractivity contribution is -0.116. The predicted molar refractivity (Wildman–Crippen MR) is 143 cm³/mol. The smallest absolute Gasteiger partial charge is 0.238 e. The van der Waals surface area contributed by atoms with Gasteiger partial charge in [-0.1, -0.05) is 6.07 Å². The van der Waals surface area contributed by atoms with Crippen LogP contribution in [0.2, 0.25) is 0 Å². The first-order chi connectivity index (χ1) is 18.0. The summed E-state index contributed by atoms with van der Waals surface area (Å²) in [5, 5.41) is 12.3. The Morgan fingerprint density at radius 2 is 1.81 bits per heavy atom. The van der Waals surface area contributed by atoms with Crippen molar-refractivity contribution in [2.45, 2.75) is 0 Å². The summed E-state index contributed by atoms with van der Waals surface area (Å²) in [5.41, 5.74) is 7.13. The minimum atomic E-state index is -0.104. The molecule has 37 heavy (non-hydrogen) atoms. The van der Waals surface area contributed by atoms with Gasteiger partial charge in [0, 0.05) is 52.2 Å². The number of anilines is 1. The lowest BCUT2D eigenvalue weighted by atomic mass is 10.1. The van der Waals surface area contributed by atoms with Gasteiger partial charge in [-0.15, -0.1) is 0 Å². The molecule has 10 heteroatoms. The number of nitrogens with one attached hydrogen (secondary N) is 3. The van der Waals surface area contributed by atoms with Crippen LogP contribution < -0.4 is 5.32 Å². The number of carbonyl (C=O) groups excluding carboxylic acids is 1. The highest BCUT2D eigenvalue weighted by Gasteiger charge is 2.16. The number of H-pyrrole nitrogens is 2. The molecule has 0 atom stereocenters. The van der Waals surface area contributed by atoms with Gasteiger partial charge >= 0.3 is 0 Å². The first kappa shape index (κ1) is 22.5. The Balaban J connectivity index is 1.38. The third-order valence-corrected chi connectivity index (χ3v) is 5.94. The van der Waals surface area contributed by atoms with Gasteiger partial charge in [-0.25, -0.2) is 4.98 Å². The van der Waals surface area contributed by atoms with Crippen LogP contribution in [-0.2, 0) is 4.79 Å². The van der Waals surface area contributed by atoms with Gasteiger partial charge in [-0.2, -0.15) is 5.10 Å². The fourth-order valence-corrected chi connectivity index (χ4v) is 4.31. The van der Waals surface area contributed by atoms with Gasteiger partial charge in [-0.05, 0) is 50.5 Å². The van der Waals surface area contributed by atoms with E-state index in [1.807, 2.05) is 61.5 Å². The van der Waals surface area contributed by atoms with E-state index in [9.17, 15) is 4.79 Å². The standard InChI is InChI=1S/C27H23N9O/c1-36(2)15-24(37)32-18-9-16(12-28-14-18)17-10-20-26(34-35-27(20)31-13-17)23-11-19-21(33-23)6-8-30-25(19)22-5-3-4-7-29-22/h3-14,33H,15H2,1-2H3,(H,32,37)(H,31,34,35). The number of pyridine rings is 4. The third kappa shape index (κ3) is 4.41. The number of rotatable bonds is 6. The molecular formula is C27H23N9O. The van der Waals surface area contributed by atoms with Gasteiger partial charge in [-0.3, -0.25) is 24.8 Å². The predicted octanol–water partition coefficient (Wildman–Crippen LogP) is 4.13. The molecule has 6 heterocycles. The van der Waals surface area contributed by atoms with E-state index in [1.54, 1.807) is 31.0 Å². The molecule has 0 aliphatic carbocycles. The average molecular weight is 490 g/mol. The Labute approximate surface area is 211 Å². The lowest BCUT2D eigenvalue weighted by Gasteiger charge is -2.10. The highest BCUT2D eigenvalue weighted by atomic mass is 16.2. The molecule has 0 bridgehead atoms. The van der Waals surface area contributed by atoms with Crippen molar-refractivity contribution in [2.75, 3.05) is 26.0 Å². The molecular weight excluding hydrogens is 466 g/mol. The molecule has 0 aliphatic rings. The number of nitrogens with zero attached hydrogens (tertiary/aromatic N) is 6. The second-order valence-electron chi connectivity index (χ2n) is 8.96. The SMILES string of the molecule is CN(C)CC(=O)Nc1cncc(-c2cnc3[nH]nc(-c4cc5c(-c6ccccn6)nccc5[nH]4)c3c2)c1. The summed E-state index contributed by atoms with van der Waals surface area (Å²) in [7, 11) is 3.70. The molecule has 0 aromatic carbocycles. The summed E-state index contributed by atoms with van der Waals surface area (Å²) < 4.78 is 0. The van der Waals surface area contributed by atoms with Gasteiger partial charge in [0.2, 0.25) is 5.91 Å². The Kier molecular flexibility index (Phi) is 5.62. The van der Waals surface area contributed by atoms with E-state index in [4.69, 9.17) is 0 Å². The zero-order chi connectivity index (χ0) is 25.4. The van der Waals surface area contributed by atoms with Crippen LogP contribution in [-0.4, -0.2) is 66.6 Å². The van der Waals surface area contributed by atoms with Crippen molar-refractivity contribution in [1.82, 2.24) is 40.0 Å². The molecule has 6 aromatic heterocycles. The van der Waals surface area contributed by atoms with E-state index in [1.165, 1.54) is 0 Å². The maximum absolute atomic E-state index is 12.2. The second kappa shape index (κ2) is 9.25. The number of hydrogen-bond donors (Lipinski definition) is 3. The summed E-state index contributed by atoms with van der Waals surface area (Å²) in [6, 6.07) is 13.7. The molecule has 0 spiro atoms. The lowest BCUT2D eigenvalue weighted by Crippen LogP contribution is -2.27. The van der Waals surface area contributed by atoms with E-state index < -0.39 is 0 Å². The van der Waals surface area contributed by atoms with Crippen LogP contribution in [0.15, 0.2) is 73.4 Å². The van der Waals surface area contributed by atoms with Crippen molar-refractivity contribution in [3.05, 3.63) is 73.4 Å². The largest absolute Gasteiger partial charge is 0.353 e. The Morgan fingerprint density at radius 1 is 0.919 bits per heavy atom. The molecule has 6 aromatic rings. The average Bonchev–Trinajstić information content (AvgIpc) is 3.52. The molecule has 1 amide bonds. The molecule has 0 saturated heterocycles. The van der Waals surface area contributed by atoms with Crippen LogP contribution in [0.25, 0.3) is 55.8 Å². The minimum Gasteiger partial charge on any atom is -0.353 e. The summed E-state index contributed by atoms with van der Waals surface area (Å²) in [6.45, 7) is 0.290. The Hall–Kier alpha value is -4.96. The minimum absolute atomic E-state index is 0.104. The van der Waals surface area contributed by atoms with Crippen molar-refractivity contribution in [3.8, 4) is 33.9 Å². The first-order valence-corrected chi connectivity index (χ1v) is 11.7. The van der Waals surface area contributed by atoms with Gasteiger partial charge < -0.3 is 15.2 Å². The zero-order valence-electron chi connectivity index (χ0n) is 20.2. The molecule has 0 fully saturated rings. The van der Waals surface area contributed by atoms with E-state index in [0.29, 0.717) is 11.3 Å². The van der Waals surface area contributed by atoms with Crippen molar-refractivity contribution < 1.29 is 4.79 Å². The number of aromatic nitrogens is 7. The normalized spacial score (nSPS) is 11.4. The number of carbonyl (C=O) groups is 1. The highest BCUT2D eigenvalue weighted by molar-refractivity contribution is 5.99. The van der Waals surface area contributed by atoms with E-state index in [0.717, 1.165) is 50.2 Å². The number of amides is 1. The summed E-state index contributed by atoms with van der Waals surface area (Å²) in [6.07, 6.45) is 8.67. The molecule has 0 aliphatic heterocycles. The van der Waals surface area contributed by atoms with Gasteiger partial charge in [0.05, 0.1) is 35.5 Å². The maximum Gasteiger partial charge on any atom is 0.238 e. The highest BCUT2D eigenvalue weighted by Crippen LogP contribution is 2.33. The van der Waals surface area contributed by atoms with E-state index in [2.05, 4.69) is 40.4 Å². The second-order valence-corrected chi connectivity index (χ2v) is 8.96. The maximum atomic E-state index is 12.2. The van der Waals surface area contributed by atoms with Crippen LogP contribution in [0.1, 0.15) is 0 Å². The summed E-state index contributed by atoms with van der Waals surface area (Å²) in [5.74, 6) is -0.104. The van der Waals surface area contributed by atoms with Crippen molar-refractivity contribution in [1.29, 1.82) is 0 Å². The number of aromatic amines is 2. The third-order valence-electron chi connectivity index (χ3n) is 5.94. The van der Waals surface area contributed by atoms with Crippen LogP contribution in [0, 0.1) is 0 Å². The molecule has 10 nitrogen and oxygen atoms in total. The monoisotopic (exact) mass is 489 g/mol. The van der Waals surface area contributed by atoms with E-state index >= 15 is 0 Å². The molecule has 0 saturated carbocycles. The molecule has 0 unspecified atom stereocenters.